The lowest BCUT2D eigenvalue weighted by Gasteiger charge is -2.29. The topological polar surface area (TPSA) is 79.7 Å². The van der Waals surface area contributed by atoms with Gasteiger partial charge in [-0.05, 0) is 38.1 Å². The highest BCUT2D eigenvalue weighted by atomic mass is 16.5. The van der Waals surface area contributed by atoms with E-state index in [2.05, 4.69) is 10.1 Å². The van der Waals surface area contributed by atoms with E-state index in [9.17, 15) is 4.79 Å². The van der Waals surface area contributed by atoms with E-state index in [1.165, 1.54) is 0 Å². The molecule has 1 N–H and O–H groups in total. The van der Waals surface area contributed by atoms with Gasteiger partial charge >= 0.3 is 5.97 Å². The quantitative estimate of drug-likeness (QED) is 0.922. The maximum Gasteiger partial charge on any atom is 0.306 e. The van der Waals surface area contributed by atoms with Crippen LogP contribution in [0.15, 0.2) is 33.4 Å². The predicted molar refractivity (Wildman–Crippen MR) is 69.8 cm³/mol. The Balaban J connectivity index is 1.58. The summed E-state index contributed by atoms with van der Waals surface area (Å²) in [7, 11) is 0. The van der Waals surface area contributed by atoms with Crippen LogP contribution in [0.1, 0.15) is 18.5 Å². The smallest absolute Gasteiger partial charge is 0.306 e. The van der Waals surface area contributed by atoms with Crippen molar-refractivity contribution < 1.29 is 18.8 Å². The molecule has 3 rings (SSSR count). The van der Waals surface area contributed by atoms with Crippen LogP contribution >= 0.6 is 0 Å². The molecule has 1 aliphatic heterocycles. The average molecular weight is 276 g/mol. The summed E-state index contributed by atoms with van der Waals surface area (Å²) in [6.45, 7) is 2.23. The molecule has 0 spiro atoms. The van der Waals surface area contributed by atoms with Crippen LogP contribution in [0.4, 0.5) is 0 Å². The first-order valence-electron chi connectivity index (χ1n) is 6.67. The molecular formula is C14H16N2O4. The lowest BCUT2D eigenvalue weighted by Crippen LogP contribution is -2.35. The molecule has 0 atom stereocenters. The van der Waals surface area contributed by atoms with Gasteiger partial charge in [-0.15, -0.1) is 0 Å². The van der Waals surface area contributed by atoms with E-state index in [4.69, 9.17) is 14.0 Å². The van der Waals surface area contributed by atoms with Gasteiger partial charge in [-0.3, -0.25) is 9.69 Å². The normalized spacial score (nSPS) is 17.4. The number of piperidine rings is 1. The van der Waals surface area contributed by atoms with Gasteiger partial charge in [0.15, 0.2) is 5.76 Å². The largest absolute Gasteiger partial charge is 0.481 e. The van der Waals surface area contributed by atoms with Crippen LogP contribution in [0.5, 0.6) is 0 Å². The Labute approximate surface area is 116 Å². The van der Waals surface area contributed by atoms with Crippen LogP contribution in [-0.2, 0) is 11.3 Å². The summed E-state index contributed by atoms with van der Waals surface area (Å²) in [5, 5.41) is 13.0. The lowest BCUT2D eigenvalue weighted by atomic mass is 9.97. The average Bonchev–Trinajstić information content (AvgIpc) is 3.09. The second-order valence-corrected chi connectivity index (χ2v) is 5.05. The number of furan rings is 1. The number of likely N-dealkylation sites (tertiary alicyclic amines) is 1. The summed E-state index contributed by atoms with van der Waals surface area (Å²) >= 11 is 0. The van der Waals surface area contributed by atoms with Crippen LogP contribution < -0.4 is 0 Å². The second kappa shape index (κ2) is 5.50. The van der Waals surface area contributed by atoms with Gasteiger partial charge < -0.3 is 14.0 Å². The Morgan fingerprint density at radius 2 is 2.20 bits per heavy atom. The Morgan fingerprint density at radius 3 is 2.85 bits per heavy atom. The molecule has 106 valence electrons. The van der Waals surface area contributed by atoms with Gasteiger partial charge in [0.05, 0.1) is 17.9 Å². The molecule has 6 heteroatoms. The molecular weight excluding hydrogens is 260 g/mol. The summed E-state index contributed by atoms with van der Waals surface area (Å²) in [6, 6.07) is 5.49. The van der Waals surface area contributed by atoms with Crippen molar-refractivity contribution in [2.45, 2.75) is 19.4 Å². The highest BCUT2D eigenvalue weighted by Crippen LogP contribution is 2.23. The summed E-state index contributed by atoms with van der Waals surface area (Å²) in [6.07, 6.45) is 2.98. The maximum absolute atomic E-state index is 10.9. The van der Waals surface area contributed by atoms with Crippen LogP contribution in [0.2, 0.25) is 0 Å². The summed E-state index contributed by atoms with van der Waals surface area (Å²) in [4.78, 5) is 13.1. The minimum Gasteiger partial charge on any atom is -0.481 e. The second-order valence-electron chi connectivity index (χ2n) is 5.05. The highest BCUT2D eigenvalue weighted by molar-refractivity contribution is 5.70. The number of rotatable bonds is 4. The number of nitrogens with zero attached hydrogens (tertiary/aromatic N) is 2. The van der Waals surface area contributed by atoms with Crippen LogP contribution in [0.3, 0.4) is 0 Å². The zero-order valence-corrected chi connectivity index (χ0v) is 11.0. The minimum absolute atomic E-state index is 0.206. The Morgan fingerprint density at radius 1 is 1.40 bits per heavy atom. The van der Waals surface area contributed by atoms with Gasteiger partial charge in [0.1, 0.15) is 0 Å². The third-order valence-electron chi connectivity index (χ3n) is 3.65. The van der Waals surface area contributed by atoms with E-state index in [1.807, 2.05) is 12.1 Å². The third-order valence-corrected chi connectivity index (χ3v) is 3.65. The van der Waals surface area contributed by atoms with Crippen molar-refractivity contribution in [1.82, 2.24) is 10.1 Å². The van der Waals surface area contributed by atoms with Crippen LogP contribution in [-0.4, -0.2) is 34.2 Å². The Kier molecular flexibility index (Phi) is 3.56. The molecule has 0 bridgehead atoms. The fourth-order valence-corrected chi connectivity index (χ4v) is 2.49. The van der Waals surface area contributed by atoms with Crippen molar-refractivity contribution in [3.63, 3.8) is 0 Å². The Hall–Kier alpha value is -2.08. The molecule has 2 aromatic rings. The van der Waals surface area contributed by atoms with Crippen molar-refractivity contribution in [2.24, 2.45) is 5.92 Å². The van der Waals surface area contributed by atoms with E-state index >= 15 is 0 Å². The van der Waals surface area contributed by atoms with Gasteiger partial charge in [-0.25, -0.2) is 0 Å². The fourth-order valence-electron chi connectivity index (χ4n) is 2.49. The molecule has 3 heterocycles. The number of carboxylic acid groups (broad SMARTS) is 1. The molecule has 2 aromatic heterocycles. The third kappa shape index (κ3) is 2.75. The van der Waals surface area contributed by atoms with Crippen LogP contribution in [0.25, 0.3) is 11.5 Å². The lowest BCUT2D eigenvalue weighted by molar-refractivity contribution is -0.143. The van der Waals surface area contributed by atoms with Crippen LogP contribution in [0, 0.1) is 5.92 Å². The summed E-state index contributed by atoms with van der Waals surface area (Å²) in [5.41, 5.74) is 0.838. The van der Waals surface area contributed by atoms with Crippen molar-refractivity contribution >= 4 is 5.97 Å². The molecule has 0 saturated carbocycles. The SMILES string of the molecule is O=C(O)C1CCN(Cc2cc(-c3ccco3)on2)CC1. The maximum atomic E-state index is 10.9. The zero-order valence-electron chi connectivity index (χ0n) is 11.0. The van der Waals surface area contributed by atoms with E-state index < -0.39 is 5.97 Å². The van der Waals surface area contributed by atoms with Crippen molar-refractivity contribution in [3.05, 3.63) is 30.2 Å². The van der Waals surface area contributed by atoms with Gasteiger partial charge in [0.2, 0.25) is 5.76 Å². The van der Waals surface area contributed by atoms with Crippen molar-refractivity contribution in [3.8, 4) is 11.5 Å². The zero-order chi connectivity index (χ0) is 13.9. The number of hydrogen-bond acceptors (Lipinski definition) is 5. The van der Waals surface area contributed by atoms with E-state index in [0.29, 0.717) is 30.9 Å². The Bertz CT molecular complexity index is 568. The van der Waals surface area contributed by atoms with Crippen molar-refractivity contribution in [1.29, 1.82) is 0 Å². The number of carbonyl (C=O) groups is 1. The molecule has 20 heavy (non-hydrogen) atoms. The molecule has 0 radical (unpaired) electrons. The van der Waals surface area contributed by atoms with Gasteiger partial charge in [-0.2, -0.15) is 0 Å². The number of carboxylic acids is 1. The molecule has 6 nitrogen and oxygen atoms in total. The summed E-state index contributed by atoms with van der Waals surface area (Å²) < 4.78 is 10.5. The van der Waals surface area contributed by atoms with Gasteiger partial charge in [-0.1, -0.05) is 5.16 Å². The fraction of sp³-hybridized carbons (Fsp3) is 0.429. The highest BCUT2D eigenvalue weighted by Gasteiger charge is 2.25. The molecule has 1 aliphatic rings. The molecule has 0 amide bonds. The van der Waals surface area contributed by atoms with Crippen molar-refractivity contribution in [2.75, 3.05) is 13.1 Å². The van der Waals surface area contributed by atoms with Gasteiger partial charge in [0.25, 0.3) is 0 Å². The number of hydrogen-bond donors (Lipinski definition) is 1. The first-order chi connectivity index (χ1) is 9.72. The molecule has 1 fully saturated rings. The molecule has 0 aliphatic carbocycles. The first kappa shape index (κ1) is 12.9. The van der Waals surface area contributed by atoms with E-state index in [-0.39, 0.29) is 5.92 Å². The predicted octanol–water partition coefficient (Wildman–Crippen LogP) is 2.23. The minimum atomic E-state index is -0.689. The molecule has 0 unspecified atom stereocenters. The number of aromatic nitrogens is 1. The standard InChI is InChI=1S/C14H16N2O4/c17-14(18)10-3-5-16(6-4-10)9-11-8-13(20-15-11)12-2-1-7-19-12/h1-2,7-8,10H,3-6,9H2,(H,17,18). The van der Waals surface area contributed by atoms with E-state index in [0.717, 1.165) is 18.8 Å². The first-order valence-corrected chi connectivity index (χ1v) is 6.67. The molecule has 1 saturated heterocycles. The molecule has 0 aromatic carbocycles. The van der Waals surface area contributed by atoms with Gasteiger partial charge in [0, 0.05) is 12.6 Å². The summed E-state index contributed by atoms with van der Waals surface area (Å²) in [5.74, 6) is 0.382. The monoisotopic (exact) mass is 276 g/mol. The number of aliphatic carboxylic acids is 1. The van der Waals surface area contributed by atoms with E-state index in [1.54, 1.807) is 12.3 Å².